The van der Waals surface area contributed by atoms with E-state index in [0.717, 1.165) is 50.3 Å². The van der Waals surface area contributed by atoms with E-state index in [1.165, 1.54) is 0 Å². The molecule has 4 aliphatic heterocycles. The highest BCUT2D eigenvalue weighted by Gasteiger charge is 2.45. The topological polar surface area (TPSA) is 133 Å². The van der Waals surface area contributed by atoms with Gasteiger partial charge >= 0.3 is 0 Å². The summed E-state index contributed by atoms with van der Waals surface area (Å²) in [6.45, 7) is 11.3. The largest absolute Gasteiger partial charge is 0.394 e. The second-order valence-corrected chi connectivity index (χ2v) is 12.7. The van der Waals surface area contributed by atoms with E-state index in [9.17, 15) is 9.90 Å². The summed E-state index contributed by atoms with van der Waals surface area (Å²) in [4.78, 5) is 31.8. The van der Waals surface area contributed by atoms with Gasteiger partial charge in [-0.25, -0.2) is 9.97 Å². The third-order valence-electron chi connectivity index (χ3n) is 9.66. The summed E-state index contributed by atoms with van der Waals surface area (Å²) in [5, 5.41) is 21.7. The lowest BCUT2D eigenvalue weighted by Gasteiger charge is -2.46. The Kier molecular flexibility index (Phi) is 7.37. The van der Waals surface area contributed by atoms with Crippen molar-refractivity contribution in [2.45, 2.75) is 50.1 Å². The van der Waals surface area contributed by atoms with Crippen LogP contribution >= 0.6 is 0 Å². The number of carbonyl (C=O) groups is 1. The zero-order valence-electron chi connectivity index (χ0n) is 25.7. The number of nitrogens with one attached hydrogen (secondary N) is 2. The minimum absolute atomic E-state index is 0.0493. The van der Waals surface area contributed by atoms with Gasteiger partial charge in [0.1, 0.15) is 11.6 Å². The maximum absolute atomic E-state index is 13.0. The second kappa shape index (κ2) is 11.4. The first-order chi connectivity index (χ1) is 21.8. The summed E-state index contributed by atoms with van der Waals surface area (Å²) in [6.07, 6.45) is 6.51. The number of amides is 1. The minimum atomic E-state index is -0.587. The van der Waals surface area contributed by atoms with Gasteiger partial charge in [-0.05, 0) is 70.4 Å². The van der Waals surface area contributed by atoms with E-state index in [2.05, 4.69) is 27.3 Å². The standard InChI is InChI=1S/C34H38N8O3/c1-4-15-42-31(44)23-10-11-27(38-29(23)33(42,2)3)37-28-19-25(36-26(21-43)22-8-6-5-7-9-22)24(20-35-28)30-39-32(40-45-30)34-12-16-41(17-13-34)18-14-34/h4-11,19-20,26,43H,1,12-18,21H2,2-3H3,(H2,35,36,37,38)/t26-/m1/s1. The van der Waals surface area contributed by atoms with Gasteiger partial charge in [0, 0.05) is 24.2 Å². The van der Waals surface area contributed by atoms with Crippen molar-refractivity contribution in [2.24, 2.45) is 0 Å². The number of aliphatic hydroxyl groups is 1. The van der Waals surface area contributed by atoms with Gasteiger partial charge in [-0.15, -0.1) is 6.58 Å². The van der Waals surface area contributed by atoms with Crippen molar-refractivity contribution in [3.05, 3.63) is 90.0 Å². The van der Waals surface area contributed by atoms with E-state index in [4.69, 9.17) is 19.5 Å². The SMILES string of the molecule is C=CCN1C(=O)c2ccc(Nc3cc(N[C@H](CO)c4ccccc4)c(-c4nc(C56CCN(CC5)CC6)no4)cn3)nc2C1(C)C. The number of hydrogen-bond acceptors (Lipinski definition) is 10. The number of anilines is 3. The lowest BCUT2D eigenvalue weighted by molar-refractivity contribution is 0.0649. The summed E-state index contributed by atoms with van der Waals surface area (Å²) >= 11 is 0. The number of piperidine rings is 3. The first kappa shape index (κ1) is 29.1. The van der Waals surface area contributed by atoms with Crippen molar-refractivity contribution < 1.29 is 14.4 Å². The Morgan fingerprint density at radius 1 is 1.04 bits per heavy atom. The quantitative estimate of drug-likeness (QED) is 0.211. The van der Waals surface area contributed by atoms with Crippen LogP contribution in [0.2, 0.25) is 0 Å². The average Bonchev–Trinajstić information content (AvgIpc) is 3.64. The molecule has 0 radical (unpaired) electrons. The number of rotatable bonds is 10. The van der Waals surface area contributed by atoms with Gasteiger partial charge in [0.2, 0.25) is 0 Å². The van der Waals surface area contributed by atoms with Crippen LogP contribution in [0.4, 0.5) is 17.3 Å². The van der Waals surface area contributed by atoms with Crippen molar-refractivity contribution >= 4 is 23.2 Å². The maximum atomic E-state index is 13.0. The van der Waals surface area contributed by atoms with Gasteiger partial charge < -0.3 is 30.1 Å². The molecule has 4 aliphatic rings. The number of carbonyl (C=O) groups excluding carboxylic acids is 1. The molecule has 1 aromatic carbocycles. The lowest BCUT2D eigenvalue weighted by atomic mass is 9.71. The Hall–Kier alpha value is -4.61. The molecule has 3 saturated heterocycles. The third-order valence-corrected chi connectivity index (χ3v) is 9.66. The molecule has 3 fully saturated rings. The fraction of sp³-hybridized carbons (Fsp3) is 0.382. The molecule has 4 aromatic rings. The predicted octanol–water partition coefficient (Wildman–Crippen LogP) is 5.03. The molecule has 1 amide bonds. The van der Waals surface area contributed by atoms with E-state index in [0.29, 0.717) is 46.6 Å². The maximum Gasteiger partial charge on any atom is 0.261 e. The molecule has 11 nitrogen and oxygen atoms in total. The second-order valence-electron chi connectivity index (χ2n) is 12.7. The molecule has 45 heavy (non-hydrogen) atoms. The third kappa shape index (κ3) is 5.15. The van der Waals surface area contributed by atoms with Gasteiger partial charge in [0.15, 0.2) is 5.82 Å². The summed E-state index contributed by atoms with van der Waals surface area (Å²) in [7, 11) is 0. The number of aliphatic hydroxyl groups excluding tert-OH is 1. The van der Waals surface area contributed by atoms with Crippen LogP contribution in [0, 0.1) is 0 Å². The van der Waals surface area contributed by atoms with E-state index in [1.54, 1.807) is 29.3 Å². The Balaban J connectivity index is 1.22. The molecule has 11 heteroatoms. The lowest BCUT2D eigenvalue weighted by Crippen LogP contribution is -2.51. The van der Waals surface area contributed by atoms with Crippen molar-refractivity contribution in [3.63, 3.8) is 0 Å². The number of hydrogen-bond donors (Lipinski definition) is 3. The van der Waals surface area contributed by atoms with Crippen LogP contribution < -0.4 is 10.6 Å². The molecule has 0 unspecified atom stereocenters. The zero-order chi connectivity index (χ0) is 31.2. The van der Waals surface area contributed by atoms with Crippen molar-refractivity contribution in [2.75, 3.05) is 43.4 Å². The van der Waals surface area contributed by atoms with Gasteiger partial charge in [0.25, 0.3) is 11.8 Å². The van der Waals surface area contributed by atoms with Crippen molar-refractivity contribution in [3.8, 4) is 11.5 Å². The molecule has 0 spiro atoms. The number of nitrogens with zero attached hydrogens (tertiary/aromatic N) is 6. The predicted molar refractivity (Wildman–Crippen MR) is 171 cm³/mol. The highest BCUT2D eigenvalue weighted by Crippen LogP contribution is 2.43. The number of fused-ring (bicyclic) bond motifs is 4. The van der Waals surface area contributed by atoms with E-state index in [1.807, 2.05) is 50.2 Å². The molecule has 1 atom stereocenters. The molecule has 8 rings (SSSR count). The van der Waals surface area contributed by atoms with Crippen molar-refractivity contribution in [1.82, 2.24) is 29.9 Å². The minimum Gasteiger partial charge on any atom is -0.394 e. The molecule has 3 aromatic heterocycles. The first-order valence-electron chi connectivity index (χ1n) is 15.5. The van der Waals surface area contributed by atoms with Crippen LogP contribution in [0.5, 0.6) is 0 Å². The van der Waals surface area contributed by atoms with Crippen molar-refractivity contribution in [1.29, 1.82) is 0 Å². The van der Waals surface area contributed by atoms with Crippen LogP contribution in [-0.2, 0) is 11.0 Å². The zero-order valence-corrected chi connectivity index (χ0v) is 25.7. The highest BCUT2D eigenvalue weighted by atomic mass is 16.5. The summed E-state index contributed by atoms with van der Waals surface area (Å²) < 4.78 is 5.89. The molecule has 0 aliphatic carbocycles. The average molecular weight is 607 g/mol. The number of pyridine rings is 2. The number of aromatic nitrogens is 4. The van der Waals surface area contributed by atoms with Crippen LogP contribution in [0.25, 0.3) is 11.5 Å². The smallest absolute Gasteiger partial charge is 0.261 e. The van der Waals surface area contributed by atoms with Gasteiger partial charge in [-0.2, -0.15) is 4.98 Å². The van der Waals surface area contributed by atoms with Gasteiger partial charge in [-0.3, -0.25) is 4.79 Å². The van der Waals surface area contributed by atoms with E-state index in [-0.39, 0.29) is 24.0 Å². The first-order valence-corrected chi connectivity index (χ1v) is 15.5. The van der Waals surface area contributed by atoms with Crippen LogP contribution in [0.3, 0.4) is 0 Å². The van der Waals surface area contributed by atoms with E-state index >= 15 is 0 Å². The Morgan fingerprint density at radius 2 is 1.80 bits per heavy atom. The summed E-state index contributed by atoms with van der Waals surface area (Å²) in [5.74, 6) is 2.18. The molecule has 3 N–H and O–H groups in total. The number of benzene rings is 1. The summed E-state index contributed by atoms with van der Waals surface area (Å²) in [6, 6.07) is 14.8. The Morgan fingerprint density at radius 3 is 2.51 bits per heavy atom. The summed E-state index contributed by atoms with van der Waals surface area (Å²) in [5.41, 5.74) is 2.91. The fourth-order valence-electron chi connectivity index (χ4n) is 6.90. The highest BCUT2D eigenvalue weighted by molar-refractivity contribution is 5.99. The Bertz CT molecular complexity index is 1710. The molecule has 232 valence electrons. The molecule has 0 saturated carbocycles. The molecular weight excluding hydrogens is 568 g/mol. The van der Waals surface area contributed by atoms with Crippen LogP contribution in [0.15, 0.2) is 71.9 Å². The molecule has 2 bridgehead atoms. The van der Waals surface area contributed by atoms with Gasteiger partial charge in [0.05, 0.1) is 40.7 Å². The monoisotopic (exact) mass is 606 g/mol. The van der Waals surface area contributed by atoms with Gasteiger partial charge in [-0.1, -0.05) is 41.6 Å². The Labute approximate surface area is 262 Å². The van der Waals surface area contributed by atoms with Crippen LogP contribution in [0.1, 0.15) is 66.6 Å². The van der Waals surface area contributed by atoms with Crippen LogP contribution in [-0.4, -0.2) is 73.7 Å². The molecular formula is C34H38N8O3. The molecule has 7 heterocycles. The fourth-order valence-corrected chi connectivity index (χ4v) is 6.90. The van der Waals surface area contributed by atoms with E-state index < -0.39 is 5.54 Å². The normalized spacial score (nSPS) is 22.2.